The lowest BCUT2D eigenvalue weighted by Crippen LogP contribution is -2.38. The molecule has 0 unspecified atom stereocenters. The largest absolute Gasteiger partial charge is 0.496 e. The highest BCUT2D eigenvalue weighted by atomic mass is 16.5. The number of allylic oxidation sites excluding steroid dienone is 1. The summed E-state index contributed by atoms with van der Waals surface area (Å²) in [7, 11) is 3.14. The van der Waals surface area contributed by atoms with E-state index in [-0.39, 0.29) is 5.78 Å². The zero-order valence-corrected chi connectivity index (χ0v) is 20.3. The van der Waals surface area contributed by atoms with Gasteiger partial charge in [0.1, 0.15) is 17.2 Å². The summed E-state index contributed by atoms with van der Waals surface area (Å²) in [5, 5.41) is 9.34. The fraction of sp³-hybridized carbons (Fsp3) is 0.385. The highest BCUT2D eigenvalue weighted by Crippen LogP contribution is 2.38. The summed E-state index contributed by atoms with van der Waals surface area (Å²) in [6, 6.07) is 3.71. The Morgan fingerprint density at radius 1 is 0.844 bits per heavy atom. The molecule has 0 atom stereocenters. The molecule has 32 heavy (non-hydrogen) atoms. The first-order valence-corrected chi connectivity index (χ1v) is 10.3. The number of ether oxygens (including phenoxy) is 3. The first-order valence-electron chi connectivity index (χ1n) is 10.3. The summed E-state index contributed by atoms with van der Waals surface area (Å²) in [5.41, 5.74) is 4.03. The normalized spacial score (nSPS) is 11.5. The van der Waals surface area contributed by atoms with Crippen molar-refractivity contribution in [2.75, 3.05) is 14.2 Å². The lowest BCUT2D eigenvalue weighted by atomic mass is 9.94. The highest BCUT2D eigenvalue weighted by Gasteiger charge is 2.30. The second-order valence-electron chi connectivity index (χ2n) is 8.42. The number of aryl methyl sites for hydroxylation is 2. The van der Waals surface area contributed by atoms with Gasteiger partial charge in [-0.2, -0.15) is 0 Å². The molecule has 0 saturated carbocycles. The fourth-order valence-electron chi connectivity index (χ4n) is 3.75. The lowest BCUT2D eigenvalue weighted by molar-refractivity contribution is -0.152. The minimum atomic E-state index is -1.35. The molecule has 0 bridgehead atoms. The number of aliphatic carboxylic acids is 1. The smallest absolute Gasteiger partial charge is 0.347 e. The van der Waals surface area contributed by atoms with Crippen molar-refractivity contribution in [3.8, 4) is 17.2 Å². The van der Waals surface area contributed by atoms with Gasteiger partial charge in [-0.3, -0.25) is 4.79 Å². The van der Waals surface area contributed by atoms with Crippen LogP contribution in [-0.2, 0) is 4.79 Å². The highest BCUT2D eigenvalue weighted by molar-refractivity contribution is 6.10. The second kappa shape index (κ2) is 9.47. The number of ketones is 1. The van der Waals surface area contributed by atoms with E-state index in [0.29, 0.717) is 22.8 Å². The molecule has 172 valence electrons. The molecule has 0 amide bonds. The summed E-state index contributed by atoms with van der Waals surface area (Å²) >= 11 is 0. The van der Waals surface area contributed by atoms with Crippen LogP contribution in [0.1, 0.15) is 57.6 Å². The maximum Gasteiger partial charge on any atom is 0.347 e. The number of methoxy groups -OCH3 is 2. The molecule has 2 rings (SSSR count). The van der Waals surface area contributed by atoms with E-state index < -0.39 is 11.6 Å². The van der Waals surface area contributed by atoms with E-state index in [0.717, 1.165) is 33.4 Å². The topological polar surface area (TPSA) is 82.1 Å². The van der Waals surface area contributed by atoms with Crippen molar-refractivity contribution in [3.05, 3.63) is 57.2 Å². The summed E-state index contributed by atoms with van der Waals surface area (Å²) in [6.07, 6.45) is 3.24. The number of hydrogen-bond acceptors (Lipinski definition) is 5. The van der Waals surface area contributed by atoms with E-state index in [1.165, 1.54) is 19.9 Å². The number of carbonyl (C=O) groups is 2. The third-order valence-electron chi connectivity index (χ3n) is 5.62. The molecule has 0 aliphatic carbocycles. The zero-order valence-electron chi connectivity index (χ0n) is 20.3. The SMILES string of the molecule is COc1c(C)c(C)c(OC)c(C(=O)/C=C/c2cc(C)c(OC(C)(C)C(=O)O)c(C)c2)c1C. The number of carbonyl (C=O) groups excluding carboxylic acids is 1. The van der Waals surface area contributed by atoms with Crippen LogP contribution >= 0.6 is 0 Å². The van der Waals surface area contributed by atoms with E-state index >= 15 is 0 Å². The molecular weight excluding hydrogens is 408 g/mol. The molecular formula is C26H32O6. The number of benzene rings is 2. The summed E-state index contributed by atoms with van der Waals surface area (Å²) < 4.78 is 16.8. The number of carboxylic acid groups (broad SMARTS) is 1. The Hall–Kier alpha value is -3.28. The quantitative estimate of drug-likeness (QED) is 0.438. The van der Waals surface area contributed by atoms with Crippen LogP contribution in [0, 0.1) is 34.6 Å². The van der Waals surface area contributed by atoms with Crippen molar-refractivity contribution in [1.82, 2.24) is 0 Å². The van der Waals surface area contributed by atoms with Gasteiger partial charge in [-0.15, -0.1) is 0 Å². The van der Waals surface area contributed by atoms with Gasteiger partial charge >= 0.3 is 5.97 Å². The predicted octanol–water partition coefficient (Wildman–Crippen LogP) is 5.38. The standard InChI is InChI=1S/C26H32O6/c1-14-12-19(13-15(2)22(14)32-26(6,7)25(28)29)10-11-20(27)21-18(5)23(30-8)16(3)17(4)24(21)31-9/h10-13H,1-9H3,(H,28,29)/b11-10+. The molecule has 0 spiro atoms. The van der Waals surface area contributed by atoms with Crippen molar-refractivity contribution < 1.29 is 28.9 Å². The minimum Gasteiger partial charge on any atom is -0.496 e. The molecule has 6 nitrogen and oxygen atoms in total. The van der Waals surface area contributed by atoms with E-state index in [2.05, 4.69) is 0 Å². The summed E-state index contributed by atoms with van der Waals surface area (Å²) in [6.45, 7) is 12.4. The van der Waals surface area contributed by atoms with Crippen molar-refractivity contribution in [2.45, 2.75) is 54.1 Å². The van der Waals surface area contributed by atoms with E-state index in [4.69, 9.17) is 14.2 Å². The Morgan fingerprint density at radius 2 is 1.34 bits per heavy atom. The van der Waals surface area contributed by atoms with Crippen molar-refractivity contribution in [3.63, 3.8) is 0 Å². The molecule has 2 aromatic carbocycles. The second-order valence-corrected chi connectivity index (χ2v) is 8.42. The zero-order chi connectivity index (χ0) is 24.4. The average molecular weight is 441 g/mol. The van der Waals surface area contributed by atoms with Gasteiger partial charge in [0.25, 0.3) is 0 Å². The van der Waals surface area contributed by atoms with E-state index in [1.807, 2.05) is 46.8 Å². The third-order valence-corrected chi connectivity index (χ3v) is 5.62. The van der Waals surface area contributed by atoms with Gasteiger partial charge in [0.15, 0.2) is 11.4 Å². The summed E-state index contributed by atoms with van der Waals surface area (Å²) in [5.74, 6) is 0.511. The molecule has 0 radical (unpaired) electrons. The molecule has 6 heteroatoms. The van der Waals surface area contributed by atoms with Crippen LogP contribution in [-0.4, -0.2) is 36.7 Å². The van der Waals surface area contributed by atoms with Gasteiger partial charge in [-0.05, 0) is 94.5 Å². The van der Waals surface area contributed by atoms with Gasteiger partial charge in [0.05, 0.1) is 19.8 Å². The van der Waals surface area contributed by atoms with Crippen LogP contribution in [0.2, 0.25) is 0 Å². The van der Waals surface area contributed by atoms with Crippen LogP contribution in [0.15, 0.2) is 18.2 Å². The maximum absolute atomic E-state index is 13.1. The Balaban J connectivity index is 2.44. The Kier molecular flexibility index (Phi) is 7.39. The molecule has 0 fully saturated rings. The Bertz CT molecular complexity index is 1070. The number of carboxylic acids is 1. The molecule has 0 saturated heterocycles. The molecule has 0 aliphatic rings. The minimum absolute atomic E-state index is 0.191. The first kappa shape index (κ1) is 25.0. The molecule has 0 aliphatic heterocycles. The fourth-order valence-corrected chi connectivity index (χ4v) is 3.75. The molecule has 2 aromatic rings. The van der Waals surface area contributed by atoms with Crippen LogP contribution in [0.4, 0.5) is 0 Å². The summed E-state index contributed by atoms with van der Waals surface area (Å²) in [4.78, 5) is 24.5. The number of hydrogen-bond donors (Lipinski definition) is 1. The van der Waals surface area contributed by atoms with E-state index in [1.54, 1.807) is 20.3 Å². The van der Waals surface area contributed by atoms with E-state index in [9.17, 15) is 14.7 Å². The molecule has 0 heterocycles. The number of rotatable bonds is 8. The van der Waals surface area contributed by atoms with Crippen LogP contribution in [0.3, 0.4) is 0 Å². The average Bonchev–Trinajstić information content (AvgIpc) is 2.71. The van der Waals surface area contributed by atoms with Crippen LogP contribution < -0.4 is 14.2 Å². The first-order chi connectivity index (χ1) is 14.8. The van der Waals surface area contributed by atoms with Gasteiger partial charge in [0, 0.05) is 5.56 Å². The van der Waals surface area contributed by atoms with Gasteiger partial charge < -0.3 is 19.3 Å². The van der Waals surface area contributed by atoms with Crippen LogP contribution in [0.5, 0.6) is 17.2 Å². The Morgan fingerprint density at radius 3 is 1.81 bits per heavy atom. The van der Waals surface area contributed by atoms with Crippen molar-refractivity contribution in [2.24, 2.45) is 0 Å². The van der Waals surface area contributed by atoms with Gasteiger partial charge in [0.2, 0.25) is 0 Å². The third kappa shape index (κ3) is 4.79. The lowest BCUT2D eigenvalue weighted by Gasteiger charge is -2.24. The molecule has 1 N–H and O–H groups in total. The predicted molar refractivity (Wildman–Crippen MR) is 125 cm³/mol. The Labute approximate surface area is 189 Å². The van der Waals surface area contributed by atoms with Crippen molar-refractivity contribution >= 4 is 17.8 Å². The monoisotopic (exact) mass is 440 g/mol. The van der Waals surface area contributed by atoms with Crippen LogP contribution in [0.25, 0.3) is 6.08 Å². The van der Waals surface area contributed by atoms with Crippen molar-refractivity contribution in [1.29, 1.82) is 0 Å². The van der Waals surface area contributed by atoms with Gasteiger partial charge in [-0.1, -0.05) is 6.08 Å². The maximum atomic E-state index is 13.1. The van der Waals surface area contributed by atoms with Gasteiger partial charge in [-0.25, -0.2) is 4.79 Å². The molecule has 0 aromatic heterocycles.